The minimum atomic E-state index is 0. The number of hydrogen-bond acceptors (Lipinski definition) is 2. The molecule has 2 N–H and O–H groups in total. The monoisotopic (exact) mass is 535 g/mol. The number of halogens is 3. The van der Waals surface area contributed by atoms with E-state index < -0.39 is 0 Å². The molecule has 8 heteroatoms. The predicted molar refractivity (Wildman–Crippen MR) is 129 cm³/mol. The molecule has 1 fully saturated rings. The van der Waals surface area contributed by atoms with Gasteiger partial charge in [0.1, 0.15) is 5.15 Å². The standard InChI is InChI=1S/C20H27Cl2N5.HI/c1-23-20(25-13-17-11-18(21)19(22)26(17)2)24-12-15-5-7-16(8-6-15)14-27-9-3-4-10-27;/h5-8,11H,3-4,9-10,12-14H2,1-2H3,(H2,23,24,25);1H. The third-order valence-corrected chi connectivity index (χ3v) is 5.81. The van der Waals surface area contributed by atoms with Gasteiger partial charge in [0.05, 0.1) is 11.6 Å². The van der Waals surface area contributed by atoms with Gasteiger partial charge >= 0.3 is 0 Å². The van der Waals surface area contributed by atoms with E-state index in [-0.39, 0.29) is 24.0 Å². The molecule has 1 saturated heterocycles. The van der Waals surface area contributed by atoms with E-state index in [0.717, 1.165) is 24.7 Å². The van der Waals surface area contributed by atoms with E-state index in [0.29, 0.717) is 16.7 Å². The van der Waals surface area contributed by atoms with E-state index in [9.17, 15) is 0 Å². The maximum atomic E-state index is 6.11. The maximum Gasteiger partial charge on any atom is 0.191 e. The first-order chi connectivity index (χ1) is 13.1. The van der Waals surface area contributed by atoms with E-state index >= 15 is 0 Å². The van der Waals surface area contributed by atoms with Gasteiger partial charge in [-0.15, -0.1) is 24.0 Å². The van der Waals surface area contributed by atoms with E-state index in [1.165, 1.54) is 37.1 Å². The van der Waals surface area contributed by atoms with E-state index in [1.807, 2.05) is 17.7 Å². The SMILES string of the molecule is CN=C(NCc1ccc(CN2CCCC2)cc1)NCc1cc(Cl)c(Cl)n1C.I. The molecule has 1 aromatic heterocycles. The lowest BCUT2D eigenvalue weighted by Gasteiger charge is -2.15. The highest BCUT2D eigenvalue weighted by Gasteiger charge is 2.12. The van der Waals surface area contributed by atoms with Gasteiger partial charge in [0.25, 0.3) is 0 Å². The lowest BCUT2D eigenvalue weighted by atomic mass is 10.1. The Morgan fingerprint density at radius 1 is 1.04 bits per heavy atom. The number of likely N-dealkylation sites (tertiary alicyclic amines) is 1. The summed E-state index contributed by atoms with van der Waals surface area (Å²) in [5, 5.41) is 7.74. The molecule has 1 aliphatic heterocycles. The molecule has 0 bridgehead atoms. The molecule has 0 aliphatic carbocycles. The van der Waals surface area contributed by atoms with Crippen molar-refractivity contribution < 1.29 is 0 Å². The van der Waals surface area contributed by atoms with Crippen LogP contribution in [-0.4, -0.2) is 35.6 Å². The highest BCUT2D eigenvalue weighted by atomic mass is 127. The lowest BCUT2D eigenvalue weighted by Crippen LogP contribution is -2.36. The first-order valence-corrected chi connectivity index (χ1v) is 10.1. The quantitative estimate of drug-likeness (QED) is 0.327. The number of aromatic nitrogens is 1. The minimum absolute atomic E-state index is 0. The van der Waals surface area contributed by atoms with Crippen molar-refractivity contribution >= 4 is 53.1 Å². The van der Waals surface area contributed by atoms with Crippen molar-refractivity contribution in [1.82, 2.24) is 20.1 Å². The number of guanidine groups is 1. The fourth-order valence-corrected chi connectivity index (χ4v) is 3.72. The third-order valence-electron chi connectivity index (χ3n) is 4.96. The van der Waals surface area contributed by atoms with Crippen LogP contribution in [0.5, 0.6) is 0 Å². The molecule has 0 spiro atoms. The summed E-state index contributed by atoms with van der Waals surface area (Å²) in [6.07, 6.45) is 2.66. The third kappa shape index (κ3) is 6.27. The summed E-state index contributed by atoms with van der Waals surface area (Å²) in [4.78, 5) is 6.79. The molecule has 0 amide bonds. The minimum Gasteiger partial charge on any atom is -0.352 e. The van der Waals surface area contributed by atoms with Gasteiger partial charge in [-0.3, -0.25) is 9.89 Å². The van der Waals surface area contributed by atoms with Crippen LogP contribution in [0.1, 0.15) is 29.7 Å². The number of benzene rings is 1. The molecule has 28 heavy (non-hydrogen) atoms. The smallest absolute Gasteiger partial charge is 0.191 e. The Morgan fingerprint density at radius 3 is 2.21 bits per heavy atom. The van der Waals surface area contributed by atoms with Crippen molar-refractivity contribution in [3.05, 3.63) is 57.3 Å². The number of rotatable bonds is 6. The van der Waals surface area contributed by atoms with Gasteiger partial charge in [-0.1, -0.05) is 47.5 Å². The first-order valence-electron chi connectivity index (χ1n) is 9.31. The molecule has 1 aliphatic rings. The molecule has 5 nitrogen and oxygen atoms in total. The van der Waals surface area contributed by atoms with Gasteiger partial charge in [-0.2, -0.15) is 0 Å². The molecule has 2 aromatic rings. The van der Waals surface area contributed by atoms with Crippen LogP contribution in [0, 0.1) is 0 Å². The normalized spacial score (nSPS) is 14.8. The number of nitrogens with one attached hydrogen (secondary N) is 2. The second-order valence-electron chi connectivity index (χ2n) is 6.91. The Balaban J connectivity index is 0.00000280. The van der Waals surface area contributed by atoms with Gasteiger partial charge in [0, 0.05) is 32.9 Å². The highest BCUT2D eigenvalue weighted by molar-refractivity contribution is 14.0. The Bertz CT molecular complexity index is 783. The van der Waals surface area contributed by atoms with Gasteiger partial charge in [0.2, 0.25) is 0 Å². The van der Waals surface area contributed by atoms with Crippen LogP contribution in [0.25, 0.3) is 0 Å². The summed E-state index contributed by atoms with van der Waals surface area (Å²) in [6.45, 7) is 4.82. The topological polar surface area (TPSA) is 44.6 Å². The van der Waals surface area contributed by atoms with Gasteiger partial charge < -0.3 is 15.2 Å². The van der Waals surface area contributed by atoms with Crippen LogP contribution < -0.4 is 10.6 Å². The zero-order valence-electron chi connectivity index (χ0n) is 16.3. The summed E-state index contributed by atoms with van der Waals surface area (Å²) < 4.78 is 1.86. The van der Waals surface area contributed by atoms with Crippen LogP contribution in [0.3, 0.4) is 0 Å². The van der Waals surface area contributed by atoms with Crippen molar-refractivity contribution in [2.24, 2.45) is 12.0 Å². The Labute approximate surface area is 194 Å². The number of nitrogens with zero attached hydrogens (tertiary/aromatic N) is 3. The summed E-state index contributed by atoms with van der Waals surface area (Å²) in [5.74, 6) is 0.740. The molecule has 0 atom stereocenters. The van der Waals surface area contributed by atoms with Gasteiger partial charge in [-0.25, -0.2) is 0 Å². The zero-order valence-corrected chi connectivity index (χ0v) is 20.2. The van der Waals surface area contributed by atoms with Crippen molar-refractivity contribution in [3.8, 4) is 0 Å². The average Bonchev–Trinajstić information content (AvgIpc) is 3.27. The Morgan fingerprint density at radius 2 is 1.64 bits per heavy atom. The Kier molecular flexibility index (Phi) is 9.40. The van der Waals surface area contributed by atoms with Crippen LogP contribution >= 0.6 is 47.2 Å². The molecule has 0 unspecified atom stereocenters. The molecule has 0 radical (unpaired) electrons. The van der Waals surface area contributed by atoms with Crippen LogP contribution in [0.2, 0.25) is 10.2 Å². The zero-order chi connectivity index (χ0) is 19.2. The molecule has 2 heterocycles. The molecule has 1 aromatic carbocycles. The van der Waals surface area contributed by atoms with Gasteiger partial charge in [-0.05, 0) is 43.1 Å². The molecule has 154 valence electrons. The fourth-order valence-electron chi connectivity index (χ4n) is 3.30. The molecular formula is C20H28Cl2IN5. The number of aliphatic imine (C=N–C) groups is 1. The Hall–Kier alpha value is -0.960. The maximum absolute atomic E-state index is 6.11. The predicted octanol–water partition coefficient (Wildman–Crippen LogP) is 4.41. The van der Waals surface area contributed by atoms with Crippen LogP contribution in [-0.2, 0) is 26.7 Å². The van der Waals surface area contributed by atoms with E-state index in [1.54, 1.807) is 7.05 Å². The molecule has 0 saturated carbocycles. The largest absolute Gasteiger partial charge is 0.352 e. The second-order valence-corrected chi connectivity index (χ2v) is 7.68. The molecular weight excluding hydrogens is 508 g/mol. The second kappa shape index (κ2) is 11.3. The number of hydrogen-bond donors (Lipinski definition) is 2. The fraction of sp³-hybridized carbons (Fsp3) is 0.450. The highest BCUT2D eigenvalue weighted by Crippen LogP contribution is 2.24. The van der Waals surface area contributed by atoms with Crippen molar-refractivity contribution in [2.45, 2.75) is 32.5 Å². The summed E-state index contributed by atoms with van der Waals surface area (Å²) in [6, 6.07) is 10.7. The van der Waals surface area contributed by atoms with Crippen molar-refractivity contribution in [1.29, 1.82) is 0 Å². The summed E-state index contributed by atoms with van der Waals surface area (Å²) in [5.41, 5.74) is 3.60. The summed E-state index contributed by atoms with van der Waals surface area (Å²) in [7, 11) is 3.66. The van der Waals surface area contributed by atoms with Crippen molar-refractivity contribution in [2.75, 3.05) is 20.1 Å². The van der Waals surface area contributed by atoms with Gasteiger partial charge in [0.15, 0.2) is 5.96 Å². The van der Waals surface area contributed by atoms with Crippen LogP contribution in [0.4, 0.5) is 0 Å². The lowest BCUT2D eigenvalue weighted by molar-refractivity contribution is 0.331. The van der Waals surface area contributed by atoms with Crippen molar-refractivity contribution in [3.63, 3.8) is 0 Å². The molecule has 3 rings (SSSR count). The van der Waals surface area contributed by atoms with E-state index in [2.05, 4.69) is 44.8 Å². The average molecular weight is 536 g/mol. The van der Waals surface area contributed by atoms with Crippen LogP contribution in [0.15, 0.2) is 35.3 Å². The first kappa shape index (κ1) is 23.3. The summed E-state index contributed by atoms with van der Waals surface area (Å²) >= 11 is 12.2. The van der Waals surface area contributed by atoms with E-state index in [4.69, 9.17) is 23.2 Å².